The molecule has 7 aromatic carbocycles. The zero-order valence-electron chi connectivity index (χ0n) is 23.7. The third kappa shape index (κ3) is 3.89. The summed E-state index contributed by atoms with van der Waals surface area (Å²) in [6.45, 7) is 4.47. The summed E-state index contributed by atoms with van der Waals surface area (Å²) >= 11 is 0. The maximum atomic E-state index is 4.75. The van der Waals surface area contributed by atoms with Crippen LogP contribution in [0.4, 0.5) is 0 Å². The van der Waals surface area contributed by atoms with Crippen molar-refractivity contribution in [3.63, 3.8) is 0 Å². The van der Waals surface area contributed by atoms with Gasteiger partial charge in [-0.2, -0.15) is 0 Å². The van der Waals surface area contributed by atoms with Crippen molar-refractivity contribution < 1.29 is 0 Å². The van der Waals surface area contributed by atoms with Crippen LogP contribution in [0.5, 0.6) is 0 Å². The molecule has 0 aliphatic carbocycles. The molecule has 42 heavy (non-hydrogen) atoms. The predicted molar refractivity (Wildman–Crippen MR) is 180 cm³/mol. The van der Waals surface area contributed by atoms with Crippen LogP contribution >= 0.6 is 0 Å². The van der Waals surface area contributed by atoms with Crippen LogP contribution < -0.4 is 0 Å². The minimum absolute atomic E-state index is 1.02. The molecule has 0 spiro atoms. The molecule has 0 amide bonds. The van der Waals surface area contributed by atoms with Crippen LogP contribution in [0.15, 0.2) is 140 Å². The number of para-hydroxylation sites is 1. The van der Waals surface area contributed by atoms with E-state index in [4.69, 9.17) is 4.98 Å². The molecule has 1 nitrogen and oxygen atoms in total. The lowest BCUT2D eigenvalue weighted by Crippen LogP contribution is -1.95. The van der Waals surface area contributed by atoms with Gasteiger partial charge < -0.3 is 0 Å². The first kappa shape index (κ1) is 24.5. The second-order valence-electron chi connectivity index (χ2n) is 11.3. The van der Waals surface area contributed by atoms with Gasteiger partial charge in [0.05, 0.1) is 5.52 Å². The van der Waals surface area contributed by atoms with E-state index >= 15 is 0 Å². The Hall–Kier alpha value is -5.27. The van der Waals surface area contributed by atoms with Gasteiger partial charge in [0.25, 0.3) is 0 Å². The van der Waals surface area contributed by atoms with Crippen LogP contribution in [0.2, 0.25) is 0 Å². The lowest BCUT2D eigenvalue weighted by atomic mass is 9.83. The first-order valence-corrected chi connectivity index (χ1v) is 14.5. The standard InChI is InChI=1S/C41H29N/c1-26-22-38(27(2)21-37(26)32-24-30-13-5-10-18-39(30)42-25-32)41-35-16-8-6-14-33(35)40(34-15-7-9-17-36(34)41)31-20-19-28-11-3-4-12-29(28)23-31/h3-25H,1-2H3. The molecule has 1 aromatic heterocycles. The molecule has 198 valence electrons. The highest BCUT2D eigenvalue weighted by Crippen LogP contribution is 2.45. The van der Waals surface area contributed by atoms with Crippen molar-refractivity contribution in [1.29, 1.82) is 0 Å². The van der Waals surface area contributed by atoms with E-state index in [2.05, 4.69) is 141 Å². The summed E-state index contributed by atoms with van der Waals surface area (Å²) in [7, 11) is 0. The van der Waals surface area contributed by atoms with Gasteiger partial charge in [0.1, 0.15) is 0 Å². The van der Waals surface area contributed by atoms with E-state index in [0.717, 1.165) is 16.5 Å². The van der Waals surface area contributed by atoms with E-state index in [0.29, 0.717) is 0 Å². The van der Waals surface area contributed by atoms with Gasteiger partial charge in [-0.05, 0) is 103 Å². The van der Waals surface area contributed by atoms with Crippen LogP contribution in [0.1, 0.15) is 11.1 Å². The van der Waals surface area contributed by atoms with Crippen molar-refractivity contribution in [3.8, 4) is 33.4 Å². The molecule has 8 rings (SSSR count). The van der Waals surface area contributed by atoms with E-state index < -0.39 is 0 Å². The fourth-order valence-electron chi connectivity index (χ4n) is 6.69. The van der Waals surface area contributed by atoms with Gasteiger partial charge in [0, 0.05) is 17.1 Å². The van der Waals surface area contributed by atoms with Gasteiger partial charge in [-0.25, -0.2) is 0 Å². The molecule has 0 radical (unpaired) electrons. The second kappa shape index (κ2) is 9.68. The van der Waals surface area contributed by atoms with Crippen LogP contribution in [0.3, 0.4) is 0 Å². The van der Waals surface area contributed by atoms with Crippen molar-refractivity contribution in [2.24, 2.45) is 0 Å². The summed E-state index contributed by atoms with van der Waals surface area (Å²) < 4.78 is 0. The topological polar surface area (TPSA) is 12.9 Å². The predicted octanol–water partition coefficient (Wildman–Crippen LogP) is 11.3. The average Bonchev–Trinajstić information content (AvgIpc) is 3.04. The molecule has 0 N–H and O–H groups in total. The molecule has 0 atom stereocenters. The molecule has 8 aromatic rings. The molecule has 1 heterocycles. The zero-order valence-corrected chi connectivity index (χ0v) is 23.7. The minimum Gasteiger partial charge on any atom is -0.256 e. The highest BCUT2D eigenvalue weighted by Gasteiger charge is 2.19. The summed E-state index contributed by atoms with van der Waals surface area (Å²) in [6.07, 6.45) is 2.01. The maximum Gasteiger partial charge on any atom is 0.0702 e. The second-order valence-corrected chi connectivity index (χ2v) is 11.3. The molecule has 0 bridgehead atoms. The van der Waals surface area contributed by atoms with E-state index in [1.165, 1.54) is 71.3 Å². The number of hydrogen-bond donors (Lipinski definition) is 0. The lowest BCUT2D eigenvalue weighted by molar-refractivity contribution is 1.36. The largest absolute Gasteiger partial charge is 0.256 e. The van der Waals surface area contributed by atoms with Gasteiger partial charge in [0.2, 0.25) is 0 Å². The van der Waals surface area contributed by atoms with Crippen molar-refractivity contribution in [2.75, 3.05) is 0 Å². The molecular formula is C41H29N. The average molecular weight is 536 g/mol. The fourth-order valence-corrected chi connectivity index (χ4v) is 6.69. The number of pyridine rings is 1. The number of benzene rings is 7. The summed E-state index contributed by atoms with van der Waals surface area (Å²) in [5, 5.41) is 8.81. The van der Waals surface area contributed by atoms with Gasteiger partial charge in [-0.15, -0.1) is 0 Å². The monoisotopic (exact) mass is 535 g/mol. The number of aryl methyl sites for hydroxylation is 2. The number of nitrogens with zero attached hydrogens (tertiary/aromatic N) is 1. The van der Waals surface area contributed by atoms with Crippen molar-refractivity contribution in [2.45, 2.75) is 13.8 Å². The first-order chi connectivity index (χ1) is 20.7. The van der Waals surface area contributed by atoms with Crippen LogP contribution in [-0.4, -0.2) is 4.98 Å². The Morgan fingerprint density at radius 2 is 0.929 bits per heavy atom. The van der Waals surface area contributed by atoms with Gasteiger partial charge in [-0.1, -0.05) is 115 Å². The Bertz CT molecular complexity index is 2270. The third-order valence-electron chi connectivity index (χ3n) is 8.71. The molecule has 0 saturated carbocycles. The quantitative estimate of drug-likeness (QED) is 0.205. The molecule has 0 saturated heterocycles. The highest BCUT2D eigenvalue weighted by molar-refractivity contribution is 6.22. The van der Waals surface area contributed by atoms with Crippen LogP contribution in [0, 0.1) is 13.8 Å². The number of aromatic nitrogens is 1. The third-order valence-corrected chi connectivity index (χ3v) is 8.71. The SMILES string of the molecule is Cc1cc(-c2c3ccccc3c(-c3ccc4ccccc4c3)c3ccccc23)c(C)cc1-c1cnc2ccccc2c1. The summed E-state index contributed by atoms with van der Waals surface area (Å²) in [6, 6.07) is 48.6. The van der Waals surface area contributed by atoms with Crippen LogP contribution in [-0.2, 0) is 0 Å². The van der Waals surface area contributed by atoms with Gasteiger partial charge >= 0.3 is 0 Å². The van der Waals surface area contributed by atoms with Crippen LogP contribution in [0.25, 0.3) is 76.6 Å². The summed E-state index contributed by atoms with van der Waals surface area (Å²) in [4.78, 5) is 4.75. The van der Waals surface area contributed by atoms with E-state index in [-0.39, 0.29) is 0 Å². The Kier molecular flexibility index (Phi) is 5.65. The zero-order chi connectivity index (χ0) is 28.2. The summed E-state index contributed by atoms with van der Waals surface area (Å²) in [5.74, 6) is 0. The Morgan fingerprint density at radius 1 is 0.405 bits per heavy atom. The highest BCUT2D eigenvalue weighted by atomic mass is 14.6. The summed E-state index contributed by atoms with van der Waals surface area (Å²) in [5.41, 5.74) is 11.0. The number of fused-ring (bicyclic) bond motifs is 4. The fraction of sp³-hybridized carbons (Fsp3) is 0.0488. The Labute approximate surface area is 245 Å². The Balaban J connectivity index is 1.38. The van der Waals surface area contributed by atoms with Gasteiger partial charge in [-0.3, -0.25) is 4.98 Å². The number of rotatable bonds is 3. The van der Waals surface area contributed by atoms with Crippen molar-refractivity contribution in [1.82, 2.24) is 4.98 Å². The molecule has 1 heteroatoms. The van der Waals surface area contributed by atoms with E-state index in [1.54, 1.807) is 0 Å². The van der Waals surface area contributed by atoms with Crippen molar-refractivity contribution in [3.05, 3.63) is 151 Å². The molecule has 0 fully saturated rings. The molecule has 0 aliphatic rings. The normalized spacial score (nSPS) is 11.6. The molecule has 0 unspecified atom stereocenters. The molecule has 0 aliphatic heterocycles. The van der Waals surface area contributed by atoms with Crippen molar-refractivity contribution >= 4 is 43.2 Å². The maximum absolute atomic E-state index is 4.75. The molecular weight excluding hydrogens is 506 g/mol. The Morgan fingerprint density at radius 3 is 1.64 bits per heavy atom. The van der Waals surface area contributed by atoms with E-state index in [1.807, 2.05) is 12.3 Å². The van der Waals surface area contributed by atoms with Gasteiger partial charge in [0.15, 0.2) is 0 Å². The van der Waals surface area contributed by atoms with E-state index in [9.17, 15) is 0 Å². The number of hydrogen-bond acceptors (Lipinski definition) is 1. The smallest absolute Gasteiger partial charge is 0.0702 e. The lowest BCUT2D eigenvalue weighted by Gasteiger charge is -2.20. The minimum atomic E-state index is 1.02. The first-order valence-electron chi connectivity index (χ1n) is 14.5.